The fourth-order valence-corrected chi connectivity index (χ4v) is 2.89. The van der Waals surface area contributed by atoms with Gasteiger partial charge in [0, 0.05) is 11.7 Å². The minimum Gasteiger partial charge on any atom is -0.399 e. The van der Waals surface area contributed by atoms with Gasteiger partial charge in [-0.2, -0.15) is 0 Å². The molecule has 0 fully saturated rings. The highest BCUT2D eigenvalue weighted by atomic mass is 19.1. The zero-order valence-electron chi connectivity index (χ0n) is 11.8. The third-order valence-electron chi connectivity index (χ3n) is 3.91. The Morgan fingerprint density at radius 1 is 1.24 bits per heavy atom. The molecule has 0 unspecified atom stereocenters. The molecular weight excluding hydrogens is 267 g/mol. The van der Waals surface area contributed by atoms with Crippen LogP contribution in [0.3, 0.4) is 0 Å². The van der Waals surface area contributed by atoms with Crippen molar-refractivity contribution in [2.75, 3.05) is 5.73 Å². The predicted octanol–water partition coefficient (Wildman–Crippen LogP) is 2.61. The number of benzene rings is 2. The molecule has 0 atom stereocenters. The van der Waals surface area contributed by atoms with Gasteiger partial charge in [0.2, 0.25) is 0 Å². The molecule has 2 aromatic rings. The molecular formula is C17H17FN2O. The summed E-state index contributed by atoms with van der Waals surface area (Å²) in [6.45, 7) is 1.61. The van der Waals surface area contributed by atoms with Crippen molar-refractivity contribution in [3.8, 4) is 0 Å². The van der Waals surface area contributed by atoms with E-state index in [1.54, 1.807) is 6.92 Å². The van der Waals surface area contributed by atoms with E-state index in [2.05, 4.69) is 17.4 Å². The van der Waals surface area contributed by atoms with Crippen LogP contribution < -0.4 is 11.1 Å². The van der Waals surface area contributed by atoms with Gasteiger partial charge in [0.05, 0.1) is 5.56 Å². The van der Waals surface area contributed by atoms with Crippen molar-refractivity contribution in [2.24, 2.45) is 0 Å². The summed E-state index contributed by atoms with van der Waals surface area (Å²) < 4.78 is 14.1. The first kappa shape index (κ1) is 13.6. The van der Waals surface area contributed by atoms with Gasteiger partial charge in [0.15, 0.2) is 0 Å². The van der Waals surface area contributed by atoms with E-state index in [9.17, 15) is 9.18 Å². The highest BCUT2D eigenvalue weighted by Gasteiger charge is 2.24. The second-order valence-electron chi connectivity index (χ2n) is 5.55. The van der Waals surface area contributed by atoms with Crippen LogP contribution in [0.5, 0.6) is 0 Å². The second kappa shape index (κ2) is 5.20. The standard InChI is InChI=1S/C17H17FN2O/c1-10-6-13(19)9-15(16(10)18)17(21)20-14-7-11-4-2-3-5-12(11)8-14/h2-6,9,14H,7-8,19H2,1H3,(H,20,21). The Hall–Kier alpha value is -2.36. The number of carbonyl (C=O) groups excluding carboxylic acids is 1. The SMILES string of the molecule is Cc1cc(N)cc(C(=O)NC2Cc3ccccc3C2)c1F. The van der Waals surface area contributed by atoms with Crippen molar-refractivity contribution < 1.29 is 9.18 Å². The summed E-state index contributed by atoms with van der Waals surface area (Å²) in [7, 11) is 0. The molecule has 0 saturated carbocycles. The van der Waals surface area contributed by atoms with Crippen LogP contribution in [-0.2, 0) is 12.8 Å². The van der Waals surface area contributed by atoms with Crippen LogP contribution in [0, 0.1) is 12.7 Å². The first-order valence-electron chi connectivity index (χ1n) is 6.98. The van der Waals surface area contributed by atoms with Gasteiger partial charge in [-0.15, -0.1) is 0 Å². The van der Waals surface area contributed by atoms with Gasteiger partial charge in [0.25, 0.3) is 5.91 Å². The molecule has 3 nitrogen and oxygen atoms in total. The number of nitrogens with one attached hydrogen (secondary N) is 1. The van der Waals surface area contributed by atoms with E-state index < -0.39 is 11.7 Å². The zero-order chi connectivity index (χ0) is 15.0. The number of aryl methyl sites for hydroxylation is 1. The van der Waals surface area contributed by atoms with Crippen molar-refractivity contribution in [1.82, 2.24) is 5.32 Å². The van der Waals surface area contributed by atoms with Gasteiger partial charge in [-0.3, -0.25) is 4.79 Å². The number of nitrogens with two attached hydrogens (primary N) is 1. The lowest BCUT2D eigenvalue weighted by Gasteiger charge is -2.13. The van der Waals surface area contributed by atoms with E-state index >= 15 is 0 Å². The number of hydrogen-bond donors (Lipinski definition) is 2. The molecule has 4 heteroatoms. The average Bonchev–Trinajstić information content (AvgIpc) is 2.84. The number of halogens is 1. The Morgan fingerprint density at radius 3 is 2.48 bits per heavy atom. The lowest BCUT2D eigenvalue weighted by atomic mass is 10.1. The molecule has 0 aromatic heterocycles. The number of fused-ring (bicyclic) bond motifs is 1. The van der Waals surface area contributed by atoms with E-state index in [1.165, 1.54) is 23.3 Å². The van der Waals surface area contributed by atoms with Crippen molar-refractivity contribution in [3.63, 3.8) is 0 Å². The van der Waals surface area contributed by atoms with Gasteiger partial charge < -0.3 is 11.1 Å². The van der Waals surface area contributed by atoms with E-state index in [1.807, 2.05) is 12.1 Å². The Labute approximate surface area is 123 Å². The van der Waals surface area contributed by atoms with Crippen molar-refractivity contribution in [1.29, 1.82) is 0 Å². The summed E-state index contributed by atoms with van der Waals surface area (Å²) in [5, 5.41) is 2.90. The first-order chi connectivity index (χ1) is 10.0. The Bertz CT molecular complexity index is 687. The Balaban J connectivity index is 1.77. The lowest BCUT2D eigenvalue weighted by molar-refractivity contribution is 0.0934. The number of amides is 1. The number of rotatable bonds is 2. The molecule has 0 bridgehead atoms. The van der Waals surface area contributed by atoms with Crippen LogP contribution in [0.2, 0.25) is 0 Å². The van der Waals surface area contributed by atoms with Crippen molar-refractivity contribution in [2.45, 2.75) is 25.8 Å². The second-order valence-corrected chi connectivity index (χ2v) is 5.55. The van der Waals surface area contributed by atoms with Gasteiger partial charge in [0.1, 0.15) is 5.82 Å². The zero-order valence-corrected chi connectivity index (χ0v) is 11.8. The number of anilines is 1. The van der Waals surface area contributed by atoms with Crippen LogP contribution in [-0.4, -0.2) is 11.9 Å². The molecule has 0 spiro atoms. The van der Waals surface area contributed by atoms with Crippen molar-refractivity contribution in [3.05, 3.63) is 64.5 Å². The van der Waals surface area contributed by atoms with Crippen LogP contribution in [0.1, 0.15) is 27.0 Å². The van der Waals surface area contributed by atoms with Gasteiger partial charge >= 0.3 is 0 Å². The summed E-state index contributed by atoms with van der Waals surface area (Å²) in [5.41, 5.74) is 8.98. The molecule has 0 saturated heterocycles. The first-order valence-corrected chi connectivity index (χ1v) is 6.98. The highest BCUT2D eigenvalue weighted by molar-refractivity contribution is 5.95. The number of carbonyl (C=O) groups is 1. The van der Waals surface area contributed by atoms with Crippen LogP contribution in [0.15, 0.2) is 36.4 Å². The maximum absolute atomic E-state index is 14.1. The average molecular weight is 284 g/mol. The third kappa shape index (κ3) is 2.61. The molecule has 1 aliphatic rings. The molecule has 3 N–H and O–H groups in total. The molecule has 3 rings (SSSR count). The van der Waals surface area contributed by atoms with E-state index in [-0.39, 0.29) is 11.6 Å². The quantitative estimate of drug-likeness (QED) is 0.833. The summed E-state index contributed by atoms with van der Waals surface area (Å²) in [6.07, 6.45) is 1.57. The largest absolute Gasteiger partial charge is 0.399 e. The predicted molar refractivity (Wildman–Crippen MR) is 80.7 cm³/mol. The fraction of sp³-hybridized carbons (Fsp3) is 0.235. The van der Waals surface area contributed by atoms with E-state index in [0.29, 0.717) is 11.3 Å². The summed E-state index contributed by atoms with van der Waals surface area (Å²) in [6, 6.07) is 11.0. The molecule has 0 aliphatic heterocycles. The summed E-state index contributed by atoms with van der Waals surface area (Å²) in [4.78, 5) is 12.3. The maximum Gasteiger partial charge on any atom is 0.254 e. The molecule has 1 aliphatic carbocycles. The fourth-order valence-electron chi connectivity index (χ4n) is 2.89. The topological polar surface area (TPSA) is 55.1 Å². The van der Waals surface area contributed by atoms with Gasteiger partial charge in [-0.25, -0.2) is 4.39 Å². The van der Waals surface area contributed by atoms with Gasteiger partial charge in [-0.1, -0.05) is 24.3 Å². The highest BCUT2D eigenvalue weighted by Crippen LogP contribution is 2.23. The van der Waals surface area contributed by atoms with Crippen LogP contribution in [0.4, 0.5) is 10.1 Å². The molecule has 0 radical (unpaired) electrons. The van der Waals surface area contributed by atoms with E-state index in [0.717, 1.165) is 12.8 Å². The van der Waals surface area contributed by atoms with Crippen LogP contribution in [0.25, 0.3) is 0 Å². The summed E-state index contributed by atoms with van der Waals surface area (Å²) >= 11 is 0. The van der Waals surface area contributed by atoms with Crippen molar-refractivity contribution >= 4 is 11.6 Å². The molecule has 2 aromatic carbocycles. The third-order valence-corrected chi connectivity index (χ3v) is 3.91. The number of hydrogen-bond acceptors (Lipinski definition) is 2. The molecule has 21 heavy (non-hydrogen) atoms. The van der Waals surface area contributed by atoms with Gasteiger partial charge in [-0.05, 0) is 48.6 Å². The Kier molecular flexibility index (Phi) is 3.37. The monoisotopic (exact) mass is 284 g/mol. The molecule has 0 heterocycles. The lowest BCUT2D eigenvalue weighted by Crippen LogP contribution is -2.36. The van der Waals surface area contributed by atoms with Crippen LogP contribution >= 0.6 is 0 Å². The summed E-state index contributed by atoms with van der Waals surface area (Å²) in [5.74, 6) is -0.905. The smallest absolute Gasteiger partial charge is 0.254 e. The number of nitrogen functional groups attached to an aromatic ring is 1. The molecule has 1 amide bonds. The molecule has 108 valence electrons. The Morgan fingerprint density at radius 2 is 1.86 bits per heavy atom. The van der Waals surface area contributed by atoms with E-state index in [4.69, 9.17) is 5.73 Å². The normalized spacial score (nSPS) is 14.0. The minimum atomic E-state index is -0.503. The minimum absolute atomic E-state index is 0.0102. The maximum atomic E-state index is 14.1.